The fourth-order valence-electron chi connectivity index (χ4n) is 1.89. The van der Waals surface area contributed by atoms with E-state index in [0.717, 1.165) is 0 Å². The van der Waals surface area contributed by atoms with Gasteiger partial charge >= 0.3 is 6.29 Å². The molecule has 0 amide bonds. The number of ether oxygens (including phenoxy) is 2. The summed E-state index contributed by atoms with van der Waals surface area (Å²) in [6.07, 6.45) is -4.46. The third-order valence-electron chi connectivity index (χ3n) is 3.04. The largest absolute Gasteiger partial charge is 0.586 e. The molecule has 0 bridgehead atoms. The van der Waals surface area contributed by atoms with Gasteiger partial charge in [-0.1, -0.05) is 26.8 Å². The fourth-order valence-corrected chi connectivity index (χ4v) is 1.89. The van der Waals surface area contributed by atoms with E-state index in [-0.39, 0.29) is 11.5 Å². The van der Waals surface area contributed by atoms with Crippen LogP contribution in [0.1, 0.15) is 32.4 Å². The van der Waals surface area contributed by atoms with Crippen molar-refractivity contribution in [2.24, 2.45) is 11.1 Å². The van der Waals surface area contributed by atoms with Gasteiger partial charge in [-0.25, -0.2) is 0 Å². The second kappa shape index (κ2) is 4.31. The Morgan fingerprint density at radius 2 is 1.79 bits per heavy atom. The summed E-state index contributed by atoms with van der Waals surface area (Å²) in [7, 11) is 0. The zero-order chi connectivity index (χ0) is 14.4. The number of aliphatic hydroxyl groups excluding tert-OH is 1. The Labute approximate surface area is 110 Å². The molecule has 19 heavy (non-hydrogen) atoms. The van der Waals surface area contributed by atoms with Crippen molar-refractivity contribution in [1.29, 1.82) is 0 Å². The summed E-state index contributed by atoms with van der Waals surface area (Å²) in [6, 6.07) is 3.59. The predicted molar refractivity (Wildman–Crippen MR) is 65.0 cm³/mol. The van der Waals surface area contributed by atoms with Crippen molar-refractivity contribution in [2.45, 2.75) is 39.2 Å². The van der Waals surface area contributed by atoms with Crippen LogP contribution in [0.15, 0.2) is 18.2 Å². The second-order valence-corrected chi connectivity index (χ2v) is 5.71. The number of hydrogen-bond donors (Lipinski definition) is 2. The summed E-state index contributed by atoms with van der Waals surface area (Å²) in [5.74, 6) is -0.106. The Morgan fingerprint density at radius 1 is 1.21 bits per heavy atom. The standard InChI is InChI=1S/C13H17F2NO3/c1-12(2,3)11(17)10(16)7-4-5-8-9(6-7)19-13(14,15)18-8/h4-6,10-11,17H,16H2,1-3H3/t10-,11-/m1/s1. The van der Waals surface area contributed by atoms with Crippen molar-refractivity contribution in [1.82, 2.24) is 0 Å². The number of nitrogens with two attached hydrogens (primary N) is 1. The normalized spacial score (nSPS) is 20.2. The minimum atomic E-state index is -3.65. The Morgan fingerprint density at radius 3 is 2.37 bits per heavy atom. The van der Waals surface area contributed by atoms with E-state index in [9.17, 15) is 13.9 Å². The molecule has 0 aromatic heterocycles. The van der Waals surface area contributed by atoms with E-state index in [0.29, 0.717) is 5.56 Å². The van der Waals surface area contributed by atoms with Crippen molar-refractivity contribution in [2.75, 3.05) is 0 Å². The molecule has 2 rings (SSSR count). The first-order chi connectivity index (χ1) is 8.60. The van der Waals surface area contributed by atoms with E-state index >= 15 is 0 Å². The van der Waals surface area contributed by atoms with Gasteiger partial charge in [-0.3, -0.25) is 0 Å². The predicted octanol–water partition coefficient (Wildman–Crippen LogP) is 2.41. The van der Waals surface area contributed by atoms with Crippen LogP contribution in [-0.4, -0.2) is 17.5 Å². The maximum Gasteiger partial charge on any atom is 0.586 e. The highest BCUT2D eigenvalue weighted by molar-refractivity contribution is 5.46. The van der Waals surface area contributed by atoms with Crippen molar-refractivity contribution >= 4 is 0 Å². The van der Waals surface area contributed by atoms with Crippen molar-refractivity contribution < 1.29 is 23.4 Å². The topological polar surface area (TPSA) is 64.7 Å². The highest BCUT2D eigenvalue weighted by Crippen LogP contribution is 2.42. The second-order valence-electron chi connectivity index (χ2n) is 5.71. The quantitative estimate of drug-likeness (QED) is 0.868. The summed E-state index contributed by atoms with van der Waals surface area (Å²) in [6.45, 7) is 5.54. The van der Waals surface area contributed by atoms with Crippen LogP contribution in [0.3, 0.4) is 0 Å². The Balaban J connectivity index is 2.25. The van der Waals surface area contributed by atoms with Crippen LogP contribution in [-0.2, 0) is 0 Å². The third-order valence-corrected chi connectivity index (χ3v) is 3.04. The van der Waals surface area contributed by atoms with E-state index in [1.165, 1.54) is 12.1 Å². The van der Waals surface area contributed by atoms with Gasteiger partial charge in [-0.15, -0.1) is 8.78 Å². The van der Waals surface area contributed by atoms with E-state index in [2.05, 4.69) is 9.47 Å². The molecule has 2 atom stereocenters. The Kier molecular flexibility index (Phi) is 3.18. The third kappa shape index (κ3) is 2.79. The van der Waals surface area contributed by atoms with Crippen molar-refractivity contribution in [3.8, 4) is 11.5 Å². The molecule has 4 nitrogen and oxygen atoms in total. The number of benzene rings is 1. The molecule has 0 unspecified atom stereocenters. The lowest BCUT2D eigenvalue weighted by molar-refractivity contribution is -0.286. The van der Waals surface area contributed by atoms with Crippen LogP contribution in [0.5, 0.6) is 11.5 Å². The zero-order valence-corrected chi connectivity index (χ0v) is 11.0. The number of fused-ring (bicyclic) bond motifs is 1. The number of halogens is 2. The highest BCUT2D eigenvalue weighted by Gasteiger charge is 2.43. The molecular weight excluding hydrogens is 256 g/mol. The minimum absolute atomic E-state index is 0.0359. The van der Waals surface area contributed by atoms with Gasteiger partial charge < -0.3 is 20.3 Å². The molecule has 1 aliphatic rings. The van der Waals surface area contributed by atoms with Crippen LogP contribution >= 0.6 is 0 Å². The van der Waals surface area contributed by atoms with E-state index < -0.39 is 23.9 Å². The molecule has 0 spiro atoms. The molecule has 0 aliphatic carbocycles. The number of alkyl halides is 2. The average molecular weight is 273 g/mol. The maximum absolute atomic E-state index is 12.9. The SMILES string of the molecule is CC(C)(C)[C@H](O)[C@H](N)c1ccc2c(c1)OC(F)(F)O2. The molecular formula is C13H17F2NO3. The van der Waals surface area contributed by atoms with Gasteiger partial charge in [0.05, 0.1) is 12.1 Å². The van der Waals surface area contributed by atoms with Crippen LogP contribution in [0.2, 0.25) is 0 Å². The lowest BCUT2D eigenvalue weighted by Gasteiger charge is -2.31. The minimum Gasteiger partial charge on any atom is -0.395 e. The van der Waals surface area contributed by atoms with Gasteiger partial charge in [0.25, 0.3) is 0 Å². The monoisotopic (exact) mass is 273 g/mol. The fraction of sp³-hybridized carbons (Fsp3) is 0.538. The number of hydrogen-bond acceptors (Lipinski definition) is 4. The summed E-state index contributed by atoms with van der Waals surface area (Å²) >= 11 is 0. The first-order valence-corrected chi connectivity index (χ1v) is 5.93. The molecule has 0 saturated heterocycles. The number of rotatable bonds is 2. The van der Waals surface area contributed by atoms with Gasteiger partial charge in [0.1, 0.15) is 0 Å². The summed E-state index contributed by atoms with van der Waals surface area (Å²) < 4.78 is 34.4. The maximum atomic E-state index is 12.9. The molecule has 1 aromatic rings. The molecule has 106 valence electrons. The lowest BCUT2D eigenvalue weighted by Crippen LogP contribution is -2.36. The molecule has 0 radical (unpaired) electrons. The summed E-state index contributed by atoms with van der Waals surface area (Å²) in [5, 5.41) is 10.1. The molecule has 1 aromatic carbocycles. The number of aliphatic hydroxyl groups is 1. The van der Waals surface area contributed by atoms with E-state index in [4.69, 9.17) is 5.73 Å². The average Bonchev–Trinajstić information content (AvgIpc) is 2.58. The molecule has 0 fully saturated rings. The van der Waals surface area contributed by atoms with Crippen LogP contribution in [0.25, 0.3) is 0 Å². The molecule has 1 aliphatic heterocycles. The van der Waals surface area contributed by atoms with Gasteiger partial charge in [-0.2, -0.15) is 0 Å². The van der Waals surface area contributed by atoms with Gasteiger partial charge in [-0.05, 0) is 23.1 Å². The zero-order valence-electron chi connectivity index (χ0n) is 11.0. The molecule has 1 heterocycles. The first kappa shape index (κ1) is 14.0. The summed E-state index contributed by atoms with van der Waals surface area (Å²) in [5.41, 5.74) is 6.05. The van der Waals surface area contributed by atoms with Gasteiger partial charge in [0.2, 0.25) is 0 Å². The highest BCUT2D eigenvalue weighted by atomic mass is 19.3. The molecule has 3 N–H and O–H groups in total. The Bertz CT molecular complexity index is 485. The smallest absolute Gasteiger partial charge is 0.395 e. The van der Waals surface area contributed by atoms with Crippen LogP contribution in [0.4, 0.5) is 8.78 Å². The van der Waals surface area contributed by atoms with Crippen LogP contribution in [0, 0.1) is 5.41 Å². The van der Waals surface area contributed by atoms with Crippen molar-refractivity contribution in [3.63, 3.8) is 0 Å². The molecule has 0 saturated carbocycles. The first-order valence-electron chi connectivity index (χ1n) is 5.93. The van der Waals surface area contributed by atoms with E-state index in [1.807, 2.05) is 20.8 Å². The van der Waals surface area contributed by atoms with Crippen LogP contribution < -0.4 is 15.2 Å². The van der Waals surface area contributed by atoms with Gasteiger partial charge in [0, 0.05) is 0 Å². The van der Waals surface area contributed by atoms with Gasteiger partial charge in [0.15, 0.2) is 11.5 Å². The Hall–Kier alpha value is -1.40. The van der Waals surface area contributed by atoms with E-state index in [1.54, 1.807) is 6.07 Å². The molecule has 6 heteroatoms. The lowest BCUT2D eigenvalue weighted by atomic mass is 9.82. The van der Waals surface area contributed by atoms with Crippen molar-refractivity contribution in [3.05, 3.63) is 23.8 Å². The summed E-state index contributed by atoms with van der Waals surface area (Å²) in [4.78, 5) is 0.